The van der Waals surface area contributed by atoms with Crippen molar-refractivity contribution in [2.45, 2.75) is 12.8 Å². The molecule has 1 fully saturated rings. The summed E-state index contributed by atoms with van der Waals surface area (Å²) in [6.45, 7) is 1.07. The first kappa shape index (κ1) is 10.6. The highest BCUT2D eigenvalue weighted by molar-refractivity contribution is 6.31. The SMILES string of the molecule is O=C1CCOCC1Cc1ccncc1Cl. The van der Waals surface area contributed by atoms with E-state index in [0.29, 0.717) is 31.1 Å². The summed E-state index contributed by atoms with van der Waals surface area (Å²) in [4.78, 5) is 15.5. The summed E-state index contributed by atoms with van der Waals surface area (Å²) in [6, 6.07) is 1.85. The molecule has 1 saturated heterocycles. The Hall–Kier alpha value is -0.930. The number of Topliss-reactive ketones (excluding diaryl/α,β-unsaturated/α-hetero) is 1. The summed E-state index contributed by atoms with van der Waals surface area (Å²) in [7, 11) is 0. The maximum atomic E-state index is 11.6. The number of ketones is 1. The number of aromatic nitrogens is 1. The maximum Gasteiger partial charge on any atom is 0.140 e. The first-order valence-electron chi connectivity index (χ1n) is 4.96. The molecule has 0 aliphatic carbocycles. The summed E-state index contributed by atoms with van der Waals surface area (Å²) in [5.74, 6) is 0.229. The Morgan fingerprint density at radius 1 is 1.60 bits per heavy atom. The minimum Gasteiger partial charge on any atom is -0.380 e. The Kier molecular flexibility index (Phi) is 3.34. The number of carbonyl (C=O) groups is 1. The molecule has 0 saturated carbocycles. The van der Waals surface area contributed by atoms with Crippen molar-refractivity contribution >= 4 is 17.4 Å². The second-order valence-corrected chi connectivity index (χ2v) is 4.07. The van der Waals surface area contributed by atoms with Gasteiger partial charge in [-0.2, -0.15) is 0 Å². The van der Waals surface area contributed by atoms with Crippen LogP contribution in [0.15, 0.2) is 18.5 Å². The van der Waals surface area contributed by atoms with Gasteiger partial charge in [0.25, 0.3) is 0 Å². The van der Waals surface area contributed by atoms with Crippen LogP contribution in [-0.2, 0) is 16.0 Å². The van der Waals surface area contributed by atoms with Crippen molar-refractivity contribution in [1.29, 1.82) is 0 Å². The molecule has 1 aromatic heterocycles. The molecule has 1 atom stereocenters. The van der Waals surface area contributed by atoms with Crippen LogP contribution in [0.5, 0.6) is 0 Å². The predicted octanol–water partition coefficient (Wildman–Crippen LogP) is 1.88. The predicted molar refractivity (Wildman–Crippen MR) is 56.9 cm³/mol. The van der Waals surface area contributed by atoms with E-state index in [1.54, 1.807) is 12.4 Å². The topological polar surface area (TPSA) is 39.2 Å². The van der Waals surface area contributed by atoms with Gasteiger partial charge in [-0.25, -0.2) is 0 Å². The van der Waals surface area contributed by atoms with Crippen molar-refractivity contribution in [2.75, 3.05) is 13.2 Å². The molecule has 2 rings (SSSR count). The van der Waals surface area contributed by atoms with Gasteiger partial charge in [0.2, 0.25) is 0 Å². The standard InChI is InChI=1S/C11H12ClNO2/c12-10-6-13-3-1-8(10)5-9-7-15-4-2-11(9)14/h1,3,6,9H,2,4-5,7H2. The second kappa shape index (κ2) is 4.73. The highest BCUT2D eigenvalue weighted by Crippen LogP contribution is 2.21. The van der Waals surface area contributed by atoms with Gasteiger partial charge < -0.3 is 4.74 Å². The summed E-state index contributed by atoms with van der Waals surface area (Å²) < 4.78 is 5.29. The van der Waals surface area contributed by atoms with Crippen molar-refractivity contribution in [3.8, 4) is 0 Å². The van der Waals surface area contributed by atoms with Gasteiger partial charge in [-0.15, -0.1) is 0 Å². The molecule has 1 aliphatic heterocycles. The van der Waals surface area contributed by atoms with E-state index in [9.17, 15) is 4.79 Å². The Bertz CT molecular complexity index is 367. The molecule has 0 bridgehead atoms. The van der Waals surface area contributed by atoms with Crippen LogP contribution in [0.4, 0.5) is 0 Å². The minimum atomic E-state index is -0.0429. The Balaban J connectivity index is 2.08. The van der Waals surface area contributed by atoms with Crippen molar-refractivity contribution in [1.82, 2.24) is 4.98 Å². The van der Waals surface area contributed by atoms with Crippen LogP contribution in [0.2, 0.25) is 5.02 Å². The van der Waals surface area contributed by atoms with Crippen LogP contribution < -0.4 is 0 Å². The number of hydrogen-bond donors (Lipinski definition) is 0. The van der Waals surface area contributed by atoms with Crippen LogP contribution >= 0.6 is 11.6 Å². The maximum absolute atomic E-state index is 11.6. The molecule has 2 heterocycles. The third-order valence-electron chi connectivity index (χ3n) is 2.59. The largest absolute Gasteiger partial charge is 0.380 e. The quantitative estimate of drug-likeness (QED) is 0.772. The molecule has 1 aliphatic rings. The molecule has 1 unspecified atom stereocenters. The molecular formula is C11H12ClNO2. The summed E-state index contributed by atoms with van der Waals surface area (Å²) in [6.07, 6.45) is 4.47. The third kappa shape index (κ3) is 2.55. The summed E-state index contributed by atoms with van der Waals surface area (Å²) >= 11 is 5.98. The molecule has 0 amide bonds. The fourth-order valence-electron chi connectivity index (χ4n) is 1.70. The third-order valence-corrected chi connectivity index (χ3v) is 2.93. The van der Waals surface area contributed by atoms with E-state index in [4.69, 9.17) is 16.3 Å². The lowest BCUT2D eigenvalue weighted by Gasteiger charge is -2.21. The van der Waals surface area contributed by atoms with E-state index >= 15 is 0 Å². The van der Waals surface area contributed by atoms with Crippen LogP contribution in [0, 0.1) is 5.92 Å². The lowest BCUT2D eigenvalue weighted by molar-refractivity contribution is -0.130. The Morgan fingerprint density at radius 3 is 3.20 bits per heavy atom. The van der Waals surface area contributed by atoms with E-state index in [1.165, 1.54) is 0 Å². The van der Waals surface area contributed by atoms with Crippen molar-refractivity contribution in [3.63, 3.8) is 0 Å². The average molecular weight is 226 g/mol. The van der Waals surface area contributed by atoms with E-state index in [-0.39, 0.29) is 11.7 Å². The lowest BCUT2D eigenvalue weighted by Crippen LogP contribution is -2.29. The number of carbonyl (C=O) groups excluding carboxylic acids is 1. The number of rotatable bonds is 2. The fourth-order valence-corrected chi connectivity index (χ4v) is 1.90. The molecule has 0 N–H and O–H groups in total. The number of nitrogens with zero attached hydrogens (tertiary/aromatic N) is 1. The first-order chi connectivity index (χ1) is 7.27. The summed E-state index contributed by atoms with van der Waals surface area (Å²) in [5, 5.41) is 0.621. The number of pyridine rings is 1. The zero-order chi connectivity index (χ0) is 10.7. The van der Waals surface area contributed by atoms with Gasteiger partial charge in [0, 0.05) is 24.7 Å². The minimum absolute atomic E-state index is 0.0429. The van der Waals surface area contributed by atoms with Crippen LogP contribution in [0.25, 0.3) is 0 Å². The highest BCUT2D eigenvalue weighted by atomic mass is 35.5. The van der Waals surface area contributed by atoms with E-state index < -0.39 is 0 Å². The van der Waals surface area contributed by atoms with Gasteiger partial charge in [-0.05, 0) is 18.1 Å². The van der Waals surface area contributed by atoms with Crippen LogP contribution in [0.3, 0.4) is 0 Å². The van der Waals surface area contributed by atoms with E-state index in [0.717, 1.165) is 5.56 Å². The van der Waals surface area contributed by atoms with Gasteiger partial charge in [0.1, 0.15) is 5.78 Å². The zero-order valence-electron chi connectivity index (χ0n) is 8.28. The lowest BCUT2D eigenvalue weighted by atomic mass is 9.93. The fraction of sp³-hybridized carbons (Fsp3) is 0.455. The van der Waals surface area contributed by atoms with Crippen molar-refractivity contribution < 1.29 is 9.53 Å². The van der Waals surface area contributed by atoms with Crippen LogP contribution in [0.1, 0.15) is 12.0 Å². The Morgan fingerprint density at radius 2 is 2.47 bits per heavy atom. The van der Waals surface area contributed by atoms with Gasteiger partial charge in [-0.1, -0.05) is 11.6 Å². The van der Waals surface area contributed by atoms with E-state index in [2.05, 4.69) is 4.98 Å². The molecule has 0 spiro atoms. The molecular weight excluding hydrogens is 214 g/mol. The highest BCUT2D eigenvalue weighted by Gasteiger charge is 2.23. The molecule has 3 nitrogen and oxygen atoms in total. The molecule has 4 heteroatoms. The molecule has 0 radical (unpaired) electrons. The Labute approximate surface area is 93.4 Å². The van der Waals surface area contributed by atoms with Gasteiger partial charge in [-0.3, -0.25) is 9.78 Å². The van der Waals surface area contributed by atoms with Crippen molar-refractivity contribution in [2.24, 2.45) is 5.92 Å². The second-order valence-electron chi connectivity index (χ2n) is 3.66. The van der Waals surface area contributed by atoms with E-state index in [1.807, 2.05) is 6.07 Å². The number of ether oxygens (including phenoxy) is 1. The molecule has 15 heavy (non-hydrogen) atoms. The van der Waals surface area contributed by atoms with Gasteiger partial charge in [0.05, 0.1) is 18.2 Å². The number of halogens is 1. The normalized spacial score (nSPS) is 21.7. The molecule has 0 aromatic carbocycles. The van der Waals surface area contributed by atoms with Gasteiger partial charge in [0.15, 0.2) is 0 Å². The van der Waals surface area contributed by atoms with Crippen LogP contribution in [-0.4, -0.2) is 24.0 Å². The monoisotopic (exact) mass is 225 g/mol. The first-order valence-corrected chi connectivity index (χ1v) is 5.34. The average Bonchev–Trinajstić information content (AvgIpc) is 2.24. The summed E-state index contributed by atoms with van der Waals surface area (Å²) in [5.41, 5.74) is 0.968. The zero-order valence-corrected chi connectivity index (χ0v) is 9.04. The smallest absolute Gasteiger partial charge is 0.140 e. The van der Waals surface area contributed by atoms with Gasteiger partial charge >= 0.3 is 0 Å². The molecule has 1 aromatic rings. The van der Waals surface area contributed by atoms with Crippen molar-refractivity contribution in [3.05, 3.63) is 29.0 Å². The number of hydrogen-bond acceptors (Lipinski definition) is 3. The molecule has 80 valence electrons.